The first-order chi connectivity index (χ1) is 13.7. The van der Waals surface area contributed by atoms with Crippen molar-refractivity contribution in [1.82, 2.24) is 20.2 Å². The second-order valence-electron chi connectivity index (χ2n) is 6.26. The number of carbonyl (C=O) groups is 1. The Balaban J connectivity index is 1.69. The zero-order valence-corrected chi connectivity index (χ0v) is 15.3. The fourth-order valence-electron chi connectivity index (χ4n) is 2.87. The number of hydrogen-bond acceptors (Lipinski definition) is 3. The van der Waals surface area contributed by atoms with Crippen molar-refractivity contribution in [2.45, 2.75) is 6.92 Å². The fourth-order valence-corrected chi connectivity index (χ4v) is 2.87. The molecule has 0 aliphatic rings. The van der Waals surface area contributed by atoms with E-state index in [4.69, 9.17) is 0 Å². The number of aromatic amines is 1. The standard InChI is InChI=1S/C22H19N5O/c1-16(20-13-8-14-23-20)24-25-22(28)19-15-27(18-11-6-3-7-12-18)26-21(19)17-9-4-2-5-10-17/h2-15,23H,1H3,(H,25,28). The summed E-state index contributed by atoms with van der Waals surface area (Å²) in [5.74, 6) is -0.313. The first-order valence-electron chi connectivity index (χ1n) is 8.91. The lowest BCUT2D eigenvalue weighted by Gasteiger charge is -2.02. The number of amides is 1. The molecule has 0 unspecified atom stereocenters. The normalized spacial score (nSPS) is 11.4. The van der Waals surface area contributed by atoms with Crippen molar-refractivity contribution in [1.29, 1.82) is 0 Å². The fraction of sp³-hybridized carbons (Fsp3) is 0.0455. The van der Waals surface area contributed by atoms with Gasteiger partial charge in [0.1, 0.15) is 5.69 Å². The van der Waals surface area contributed by atoms with Gasteiger partial charge in [-0.15, -0.1) is 0 Å². The Morgan fingerprint density at radius 3 is 2.39 bits per heavy atom. The zero-order chi connectivity index (χ0) is 19.3. The Morgan fingerprint density at radius 2 is 1.71 bits per heavy atom. The second-order valence-corrected chi connectivity index (χ2v) is 6.26. The third-order valence-corrected chi connectivity index (χ3v) is 4.34. The van der Waals surface area contributed by atoms with Gasteiger partial charge in [0.2, 0.25) is 0 Å². The highest BCUT2D eigenvalue weighted by molar-refractivity contribution is 6.02. The molecule has 0 atom stereocenters. The van der Waals surface area contributed by atoms with Crippen molar-refractivity contribution >= 4 is 11.6 Å². The predicted octanol–water partition coefficient (Wildman–Crippen LogP) is 4.02. The quantitative estimate of drug-likeness (QED) is 0.412. The number of carbonyl (C=O) groups excluding carboxylic acids is 1. The summed E-state index contributed by atoms with van der Waals surface area (Å²) in [5, 5.41) is 8.86. The molecule has 0 bridgehead atoms. The number of benzene rings is 2. The molecule has 1 amide bonds. The molecule has 0 radical (unpaired) electrons. The molecule has 138 valence electrons. The number of nitrogens with one attached hydrogen (secondary N) is 2. The van der Waals surface area contributed by atoms with E-state index in [1.54, 1.807) is 10.9 Å². The summed E-state index contributed by atoms with van der Waals surface area (Å²) in [6.45, 7) is 1.83. The molecule has 0 saturated heterocycles. The van der Waals surface area contributed by atoms with Crippen molar-refractivity contribution in [2.24, 2.45) is 5.10 Å². The number of hydrogen-bond donors (Lipinski definition) is 2. The molecule has 2 N–H and O–H groups in total. The lowest BCUT2D eigenvalue weighted by molar-refractivity contribution is 0.0955. The van der Waals surface area contributed by atoms with Crippen LogP contribution in [0.15, 0.2) is 90.3 Å². The number of rotatable bonds is 5. The van der Waals surface area contributed by atoms with E-state index in [1.807, 2.05) is 85.9 Å². The average molecular weight is 369 g/mol. The van der Waals surface area contributed by atoms with Gasteiger partial charge < -0.3 is 4.98 Å². The predicted molar refractivity (Wildman–Crippen MR) is 109 cm³/mol. The molecule has 4 rings (SSSR count). The molecule has 4 aromatic rings. The third kappa shape index (κ3) is 3.61. The van der Waals surface area contributed by atoms with Crippen LogP contribution in [0.2, 0.25) is 0 Å². The summed E-state index contributed by atoms with van der Waals surface area (Å²) in [5.41, 5.74) is 6.99. The zero-order valence-electron chi connectivity index (χ0n) is 15.3. The minimum Gasteiger partial charge on any atom is -0.360 e. The van der Waals surface area contributed by atoms with E-state index in [0.29, 0.717) is 17.0 Å². The van der Waals surface area contributed by atoms with Gasteiger partial charge in [-0.3, -0.25) is 4.79 Å². The summed E-state index contributed by atoms with van der Waals surface area (Å²) in [6.07, 6.45) is 3.54. The molecule has 0 saturated carbocycles. The van der Waals surface area contributed by atoms with Gasteiger partial charge >= 0.3 is 0 Å². The monoisotopic (exact) mass is 369 g/mol. The molecular formula is C22H19N5O. The molecule has 2 aromatic heterocycles. The maximum atomic E-state index is 12.9. The Bertz CT molecular complexity index is 1100. The highest BCUT2D eigenvalue weighted by Crippen LogP contribution is 2.23. The molecule has 0 aliphatic carbocycles. The van der Waals surface area contributed by atoms with Gasteiger partial charge in [-0.2, -0.15) is 10.2 Å². The summed E-state index contributed by atoms with van der Waals surface area (Å²) < 4.78 is 1.71. The van der Waals surface area contributed by atoms with E-state index in [0.717, 1.165) is 16.9 Å². The first kappa shape index (κ1) is 17.5. The van der Waals surface area contributed by atoms with Crippen LogP contribution < -0.4 is 5.43 Å². The van der Waals surface area contributed by atoms with E-state index < -0.39 is 0 Å². The Kier molecular flexibility index (Phi) is 4.84. The molecule has 0 spiro atoms. The van der Waals surface area contributed by atoms with Gasteiger partial charge in [0.25, 0.3) is 5.91 Å². The number of H-pyrrole nitrogens is 1. The molecule has 2 heterocycles. The van der Waals surface area contributed by atoms with Crippen LogP contribution in [-0.2, 0) is 0 Å². The molecule has 6 heteroatoms. The number of aromatic nitrogens is 3. The van der Waals surface area contributed by atoms with E-state index in [-0.39, 0.29) is 5.91 Å². The SMILES string of the molecule is CC(=NNC(=O)c1cn(-c2ccccc2)nc1-c1ccccc1)c1ccc[nH]1. The van der Waals surface area contributed by atoms with Gasteiger partial charge in [0.15, 0.2) is 0 Å². The largest absolute Gasteiger partial charge is 0.360 e. The van der Waals surface area contributed by atoms with Crippen molar-refractivity contribution < 1.29 is 4.79 Å². The van der Waals surface area contributed by atoms with Crippen LogP contribution in [0.25, 0.3) is 16.9 Å². The van der Waals surface area contributed by atoms with Crippen LogP contribution in [0.4, 0.5) is 0 Å². The Hall–Kier alpha value is -3.93. The maximum Gasteiger partial charge on any atom is 0.275 e. The van der Waals surface area contributed by atoms with Crippen LogP contribution in [0, 0.1) is 0 Å². The minimum absolute atomic E-state index is 0.313. The van der Waals surface area contributed by atoms with Gasteiger partial charge in [0.05, 0.1) is 22.7 Å². The summed E-state index contributed by atoms with van der Waals surface area (Å²) in [4.78, 5) is 15.9. The highest BCUT2D eigenvalue weighted by atomic mass is 16.2. The van der Waals surface area contributed by atoms with Gasteiger partial charge in [0, 0.05) is 18.0 Å². The Morgan fingerprint density at radius 1 is 1.00 bits per heavy atom. The van der Waals surface area contributed by atoms with Crippen LogP contribution in [-0.4, -0.2) is 26.4 Å². The first-order valence-corrected chi connectivity index (χ1v) is 8.91. The van der Waals surface area contributed by atoms with Crippen molar-refractivity contribution in [3.63, 3.8) is 0 Å². The van der Waals surface area contributed by atoms with Crippen LogP contribution in [0.3, 0.4) is 0 Å². The van der Waals surface area contributed by atoms with E-state index in [9.17, 15) is 4.79 Å². The summed E-state index contributed by atoms with van der Waals surface area (Å²) >= 11 is 0. The van der Waals surface area contributed by atoms with Crippen LogP contribution in [0.5, 0.6) is 0 Å². The Labute approximate surface area is 162 Å². The van der Waals surface area contributed by atoms with Crippen molar-refractivity contribution in [3.8, 4) is 16.9 Å². The number of nitrogens with zero attached hydrogens (tertiary/aromatic N) is 3. The average Bonchev–Trinajstić information content (AvgIpc) is 3.43. The molecule has 0 fully saturated rings. The lowest BCUT2D eigenvalue weighted by Crippen LogP contribution is -2.19. The molecular weight excluding hydrogens is 350 g/mol. The van der Waals surface area contributed by atoms with Crippen LogP contribution >= 0.6 is 0 Å². The highest BCUT2D eigenvalue weighted by Gasteiger charge is 2.18. The van der Waals surface area contributed by atoms with E-state index in [2.05, 4.69) is 20.6 Å². The van der Waals surface area contributed by atoms with Crippen molar-refractivity contribution in [2.75, 3.05) is 0 Å². The van der Waals surface area contributed by atoms with Gasteiger partial charge in [-0.1, -0.05) is 48.5 Å². The molecule has 0 aliphatic heterocycles. The smallest absolute Gasteiger partial charge is 0.275 e. The van der Waals surface area contributed by atoms with Crippen LogP contribution in [0.1, 0.15) is 23.0 Å². The minimum atomic E-state index is -0.313. The lowest BCUT2D eigenvalue weighted by atomic mass is 10.1. The molecule has 28 heavy (non-hydrogen) atoms. The maximum absolute atomic E-state index is 12.9. The van der Waals surface area contributed by atoms with E-state index >= 15 is 0 Å². The molecule has 6 nitrogen and oxygen atoms in total. The second kappa shape index (κ2) is 7.75. The molecule has 2 aromatic carbocycles. The number of para-hydroxylation sites is 1. The van der Waals surface area contributed by atoms with E-state index in [1.165, 1.54) is 0 Å². The third-order valence-electron chi connectivity index (χ3n) is 4.34. The summed E-state index contributed by atoms with van der Waals surface area (Å²) in [6, 6.07) is 23.1. The van der Waals surface area contributed by atoms with Gasteiger partial charge in [-0.25, -0.2) is 10.1 Å². The van der Waals surface area contributed by atoms with Gasteiger partial charge in [-0.05, 0) is 31.2 Å². The topological polar surface area (TPSA) is 75.1 Å². The number of hydrazone groups is 1. The summed E-state index contributed by atoms with van der Waals surface area (Å²) in [7, 11) is 0. The van der Waals surface area contributed by atoms with Crippen molar-refractivity contribution in [3.05, 3.63) is 96.4 Å².